The fourth-order valence-electron chi connectivity index (χ4n) is 1.80. The molecule has 1 aromatic heterocycles. The van der Waals surface area contributed by atoms with Gasteiger partial charge in [-0.3, -0.25) is 0 Å². The fourth-order valence-corrected chi connectivity index (χ4v) is 1.80. The van der Waals surface area contributed by atoms with Crippen LogP contribution in [0.4, 0.5) is 11.5 Å². The van der Waals surface area contributed by atoms with Crippen LogP contribution in [-0.4, -0.2) is 12.1 Å². The van der Waals surface area contributed by atoms with Crippen molar-refractivity contribution in [2.75, 3.05) is 12.4 Å². The lowest BCUT2D eigenvalue weighted by Gasteiger charge is -2.18. The highest BCUT2D eigenvalue weighted by molar-refractivity contribution is 5.86. The molecule has 2 bridgehead atoms. The normalized spacial score (nSPS) is 11.5. The van der Waals surface area contributed by atoms with Crippen molar-refractivity contribution in [1.82, 2.24) is 4.98 Å². The summed E-state index contributed by atoms with van der Waals surface area (Å²) in [5, 5.41) is 3.25. The molecule has 0 saturated carbocycles. The van der Waals surface area contributed by atoms with Gasteiger partial charge in [-0.2, -0.15) is 0 Å². The molecular formula is C12H10N2O. The second-order valence-electron chi connectivity index (χ2n) is 3.47. The zero-order valence-electron chi connectivity index (χ0n) is 8.32. The van der Waals surface area contributed by atoms with E-state index < -0.39 is 0 Å². The molecule has 1 aliphatic heterocycles. The number of pyridine rings is 1. The molecule has 3 rings (SSSR count). The largest absolute Gasteiger partial charge is 0.497 e. The highest BCUT2D eigenvalue weighted by Crippen LogP contribution is 2.37. The van der Waals surface area contributed by atoms with Crippen LogP contribution in [0.25, 0.3) is 11.1 Å². The molecule has 1 N–H and O–H groups in total. The number of rotatable bonds is 1. The number of hydrogen-bond donors (Lipinski definition) is 1. The molecular weight excluding hydrogens is 188 g/mol. The van der Waals surface area contributed by atoms with Crippen LogP contribution in [0.5, 0.6) is 5.75 Å². The first kappa shape index (κ1) is 8.29. The van der Waals surface area contributed by atoms with Crippen LogP contribution >= 0.6 is 0 Å². The minimum atomic E-state index is 0.871. The van der Waals surface area contributed by atoms with Crippen molar-refractivity contribution in [2.45, 2.75) is 0 Å². The number of hydrogen-bond acceptors (Lipinski definition) is 3. The molecule has 0 amide bonds. The summed E-state index contributed by atoms with van der Waals surface area (Å²) < 4.78 is 5.21. The summed E-state index contributed by atoms with van der Waals surface area (Å²) in [5.74, 6) is 1.76. The summed E-state index contributed by atoms with van der Waals surface area (Å²) in [6, 6.07) is 10.0. The summed E-state index contributed by atoms with van der Waals surface area (Å²) in [6.07, 6.45) is 1.81. The predicted molar refractivity (Wildman–Crippen MR) is 59.5 cm³/mol. The van der Waals surface area contributed by atoms with Crippen LogP contribution in [0, 0.1) is 0 Å². The molecule has 0 fully saturated rings. The number of nitrogens with zero attached hydrogens (tertiary/aromatic N) is 1. The topological polar surface area (TPSA) is 34.1 Å². The number of benzene rings is 1. The lowest BCUT2D eigenvalue weighted by molar-refractivity contribution is 0.415. The van der Waals surface area contributed by atoms with E-state index in [1.54, 1.807) is 13.3 Å². The predicted octanol–water partition coefficient (Wildman–Crippen LogP) is 2.81. The Balaban J connectivity index is 2.23. The zero-order valence-corrected chi connectivity index (χ0v) is 8.32. The van der Waals surface area contributed by atoms with Crippen molar-refractivity contribution in [2.24, 2.45) is 0 Å². The standard InChI is InChI=1S/C12H10N2O/c1-15-9-2-3-11-10(7-9)8-4-5-13-12(6-8)14-11/h2-7H,1H3,(H,13,14). The molecule has 0 spiro atoms. The van der Waals surface area contributed by atoms with Gasteiger partial charge in [0.1, 0.15) is 11.6 Å². The Labute approximate surface area is 87.7 Å². The average molecular weight is 198 g/mol. The van der Waals surface area contributed by atoms with Gasteiger partial charge in [-0.25, -0.2) is 4.98 Å². The first-order chi connectivity index (χ1) is 7.36. The van der Waals surface area contributed by atoms with Crippen LogP contribution in [0.2, 0.25) is 0 Å². The summed E-state index contributed by atoms with van der Waals surface area (Å²) in [5.41, 5.74) is 3.41. The van der Waals surface area contributed by atoms with E-state index in [9.17, 15) is 0 Å². The first-order valence-electron chi connectivity index (χ1n) is 4.78. The first-order valence-corrected chi connectivity index (χ1v) is 4.78. The molecule has 74 valence electrons. The Hall–Kier alpha value is -2.03. The average Bonchev–Trinajstić information content (AvgIpc) is 2.29. The minimum Gasteiger partial charge on any atom is -0.497 e. The van der Waals surface area contributed by atoms with Crippen LogP contribution in [-0.2, 0) is 0 Å². The van der Waals surface area contributed by atoms with Crippen LogP contribution in [0.3, 0.4) is 0 Å². The number of aromatic nitrogens is 1. The van der Waals surface area contributed by atoms with E-state index in [1.807, 2.05) is 30.3 Å². The second kappa shape index (κ2) is 2.98. The lowest BCUT2D eigenvalue weighted by atomic mass is 10.0. The molecule has 3 nitrogen and oxygen atoms in total. The summed E-state index contributed by atoms with van der Waals surface area (Å²) >= 11 is 0. The highest BCUT2D eigenvalue weighted by Gasteiger charge is 2.13. The van der Waals surface area contributed by atoms with E-state index in [0.717, 1.165) is 22.8 Å². The third-order valence-electron chi connectivity index (χ3n) is 2.56. The van der Waals surface area contributed by atoms with Gasteiger partial charge in [-0.1, -0.05) is 0 Å². The smallest absolute Gasteiger partial charge is 0.130 e. The summed E-state index contributed by atoms with van der Waals surface area (Å²) in [6.45, 7) is 0. The molecule has 0 atom stereocenters. The number of methoxy groups -OCH3 is 1. The summed E-state index contributed by atoms with van der Waals surface area (Å²) in [4.78, 5) is 4.21. The third kappa shape index (κ3) is 1.24. The SMILES string of the molecule is COc1ccc2c(c1)-c1ccnc(c1)N2. The van der Waals surface area contributed by atoms with Crippen molar-refractivity contribution < 1.29 is 4.74 Å². The molecule has 0 saturated heterocycles. The van der Waals surface area contributed by atoms with Gasteiger partial charge in [0.05, 0.1) is 7.11 Å². The molecule has 0 aliphatic carbocycles. The molecule has 0 unspecified atom stereocenters. The Morgan fingerprint density at radius 1 is 1.20 bits per heavy atom. The van der Waals surface area contributed by atoms with Gasteiger partial charge in [0, 0.05) is 17.4 Å². The molecule has 0 radical (unpaired) electrons. The molecule has 2 aromatic rings. The maximum atomic E-state index is 5.21. The molecule has 2 heterocycles. The van der Waals surface area contributed by atoms with E-state index in [0.29, 0.717) is 0 Å². The summed E-state index contributed by atoms with van der Waals surface area (Å²) in [7, 11) is 1.68. The number of ether oxygens (including phenoxy) is 1. The Bertz CT molecular complexity index is 523. The van der Waals surface area contributed by atoms with Crippen LogP contribution in [0.15, 0.2) is 36.5 Å². The molecule has 1 aliphatic rings. The third-order valence-corrected chi connectivity index (χ3v) is 2.56. The maximum Gasteiger partial charge on any atom is 0.130 e. The Kier molecular flexibility index (Phi) is 1.65. The minimum absolute atomic E-state index is 0.871. The van der Waals surface area contributed by atoms with E-state index in [1.165, 1.54) is 5.56 Å². The van der Waals surface area contributed by atoms with Crippen molar-refractivity contribution in [3.8, 4) is 16.9 Å². The zero-order chi connectivity index (χ0) is 10.3. The second-order valence-corrected chi connectivity index (χ2v) is 3.47. The van der Waals surface area contributed by atoms with E-state index in [-0.39, 0.29) is 0 Å². The number of fused-ring (bicyclic) bond motifs is 4. The number of anilines is 2. The lowest BCUT2D eigenvalue weighted by Crippen LogP contribution is -2.01. The monoisotopic (exact) mass is 198 g/mol. The maximum absolute atomic E-state index is 5.21. The molecule has 1 aromatic carbocycles. The van der Waals surface area contributed by atoms with Gasteiger partial charge in [0.25, 0.3) is 0 Å². The van der Waals surface area contributed by atoms with Crippen molar-refractivity contribution >= 4 is 11.5 Å². The van der Waals surface area contributed by atoms with Gasteiger partial charge in [-0.15, -0.1) is 0 Å². The van der Waals surface area contributed by atoms with Crippen LogP contribution in [0.1, 0.15) is 0 Å². The Morgan fingerprint density at radius 2 is 2.13 bits per heavy atom. The quantitative estimate of drug-likeness (QED) is 0.652. The van der Waals surface area contributed by atoms with Crippen molar-refractivity contribution in [1.29, 1.82) is 0 Å². The van der Waals surface area contributed by atoms with Gasteiger partial charge in [-0.05, 0) is 35.9 Å². The van der Waals surface area contributed by atoms with Crippen molar-refractivity contribution in [3.05, 3.63) is 36.5 Å². The van der Waals surface area contributed by atoms with Gasteiger partial charge in [0.15, 0.2) is 0 Å². The van der Waals surface area contributed by atoms with Crippen LogP contribution < -0.4 is 10.1 Å². The van der Waals surface area contributed by atoms with Gasteiger partial charge >= 0.3 is 0 Å². The van der Waals surface area contributed by atoms with Crippen molar-refractivity contribution in [3.63, 3.8) is 0 Å². The Morgan fingerprint density at radius 3 is 3.00 bits per heavy atom. The van der Waals surface area contributed by atoms with Gasteiger partial charge < -0.3 is 10.1 Å². The van der Waals surface area contributed by atoms with E-state index >= 15 is 0 Å². The molecule has 3 heteroatoms. The fraction of sp³-hybridized carbons (Fsp3) is 0.0833. The van der Waals surface area contributed by atoms with E-state index in [2.05, 4.69) is 10.3 Å². The van der Waals surface area contributed by atoms with E-state index in [4.69, 9.17) is 4.74 Å². The number of nitrogens with one attached hydrogen (secondary N) is 1. The van der Waals surface area contributed by atoms with Gasteiger partial charge in [0.2, 0.25) is 0 Å². The highest BCUT2D eigenvalue weighted by atomic mass is 16.5. The molecule has 15 heavy (non-hydrogen) atoms.